The van der Waals surface area contributed by atoms with Gasteiger partial charge in [0.25, 0.3) is 0 Å². The van der Waals surface area contributed by atoms with E-state index in [-0.39, 0.29) is 0 Å². The van der Waals surface area contributed by atoms with E-state index < -0.39 is 0 Å². The minimum Gasteiger partial charge on any atom is -0.300 e. The Kier molecular flexibility index (Phi) is 2.69. The molecule has 1 heteroatoms. The van der Waals surface area contributed by atoms with E-state index in [0.29, 0.717) is 11.7 Å². The quantitative estimate of drug-likeness (QED) is 0.567. The lowest BCUT2D eigenvalue weighted by atomic mass is 9.75. The second-order valence-corrected chi connectivity index (χ2v) is 4.23. The predicted octanol–water partition coefficient (Wildman–Crippen LogP) is 2.65. The SMILES string of the molecule is CC(=O)C1CC(C)CC(C)C1. The van der Waals surface area contributed by atoms with E-state index in [1.165, 1.54) is 6.42 Å². The first-order valence-corrected chi connectivity index (χ1v) is 4.60. The zero-order valence-electron chi connectivity index (χ0n) is 7.76. The van der Waals surface area contributed by atoms with Gasteiger partial charge in [-0.3, -0.25) is 4.79 Å². The highest BCUT2D eigenvalue weighted by Gasteiger charge is 2.26. The Morgan fingerprint density at radius 3 is 1.91 bits per heavy atom. The Morgan fingerprint density at radius 2 is 1.55 bits per heavy atom. The molecule has 1 nitrogen and oxygen atoms in total. The maximum atomic E-state index is 11.1. The summed E-state index contributed by atoms with van der Waals surface area (Å²) in [5.74, 6) is 2.28. The third kappa shape index (κ3) is 2.32. The fourth-order valence-electron chi connectivity index (χ4n) is 2.28. The molecule has 0 heterocycles. The molecule has 1 fully saturated rings. The first-order valence-electron chi connectivity index (χ1n) is 4.60. The summed E-state index contributed by atoms with van der Waals surface area (Å²) in [4.78, 5) is 11.1. The lowest BCUT2D eigenvalue weighted by Crippen LogP contribution is -2.24. The van der Waals surface area contributed by atoms with E-state index in [1.807, 2.05) is 0 Å². The highest BCUT2D eigenvalue weighted by atomic mass is 16.1. The molecular weight excluding hydrogens is 136 g/mol. The minimum absolute atomic E-state index is 0.369. The average molecular weight is 154 g/mol. The van der Waals surface area contributed by atoms with Crippen LogP contribution >= 0.6 is 0 Å². The second kappa shape index (κ2) is 3.38. The molecule has 0 bridgehead atoms. The van der Waals surface area contributed by atoms with Crippen LogP contribution in [0.15, 0.2) is 0 Å². The van der Waals surface area contributed by atoms with Gasteiger partial charge in [0.05, 0.1) is 0 Å². The molecule has 2 atom stereocenters. The molecule has 64 valence electrons. The molecule has 0 aromatic heterocycles. The fraction of sp³-hybridized carbons (Fsp3) is 0.900. The first-order chi connectivity index (χ1) is 5.09. The van der Waals surface area contributed by atoms with Gasteiger partial charge < -0.3 is 0 Å². The van der Waals surface area contributed by atoms with Crippen LogP contribution in [0.2, 0.25) is 0 Å². The van der Waals surface area contributed by atoms with Crippen molar-refractivity contribution in [2.24, 2.45) is 17.8 Å². The predicted molar refractivity (Wildman–Crippen MR) is 46.4 cm³/mol. The molecule has 0 aliphatic heterocycles. The maximum Gasteiger partial charge on any atom is 0.132 e. The van der Waals surface area contributed by atoms with Crippen LogP contribution in [0.1, 0.15) is 40.0 Å². The van der Waals surface area contributed by atoms with E-state index in [0.717, 1.165) is 24.7 Å². The Bertz CT molecular complexity index is 141. The van der Waals surface area contributed by atoms with Crippen molar-refractivity contribution in [2.45, 2.75) is 40.0 Å². The van der Waals surface area contributed by atoms with Crippen molar-refractivity contribution in [3.05, 3.63) is 0 Å². The molecule has 1 aliphatic carbocycles. The summed E-state index contributed by atoms with van der Waals surface area (Å²) < 4.78 is 0. The van der Waals surface area contributed by atoms with Crippen molar-refractivity contribution >= 4 is 5.78 Å². The molecule has 0 N–H and O–H groups in total. The minimum atomic E-state index is 0.369. The topological polar surface area (TPSA) is 17.1 Å². The van der Waals surface area contributed by atoms with Gasteiger partial charge in [-0.15, -0.1) is 0 Å². The zero-order valence-corrected chi connectivity index (χ0v) is 7.76. The molecular formula is C10H18O. The molecule has 0 aromatic rings. The van der Waals surface area contributed by atoms with Crippen LogP contribution in [0.25, 0.3) is 0 Å². The van der Waals surface area contributed by atoms with Crippen LogP contribution in [0.4, 0.5) is 0 Å². The molecule has 0 radical (unpaired) electrons. The maximum absolute atomic E-state index is 11.1. The van der Waals surface area contributed by atoms with E-state index >= 15 is 0 Å². The van der Waals surface area contributed by atoms with Crippen LogP contribution in [0.3, 0.4) is 0 Å². The van der Waals surface area contributed by atoms with Gasteiger partial charge in [0, 0.05) is 5.92 Å². The van der Waals surface area contributed by atoms with Gasteiger partial charge in [0.1, 0.15) is 5.78 Å². The lowest BCUT2D eigenvalue weighted by molar-refractivity contribution is -0.122. The Balaban J connectivity index is 2.49. The molecule has 0 saturated heterocycles. The number of rotatable bonds is 1. The molecule has 0 amide bonds. The molecule has 0 spiro atoms. The number of hydrogen-bond acceptors (Lipinski definition) is 1. The second-order valence-electron chi connectivity index (χ2n) is 4.23. The number of Topliss-reactive ketones (excluding diaryl/α,β-unsaturated/α-hetero) is 1. The lowest BCUT2D eigenvalue weighted by Gasteiger charge is -2.29. The standard InChI is InChI=1S/C10H18O/c1-7-4-8(2)6-10(5-7)9(3)11/h7-8,10H,4-6H2,1-3H3. The molecule has 1 rings (SSSR count). The van der Waals surface area contributed by atoms with Crippen molar-refractivity contribution in [3.63, 3.8) is 0 Å². The van der Waals surface area contributed by atoms with Crippen LogP contribution in [0, 0.1) is 17.8 Å². The third-order valence-electron chi connectivity index (χ3n) is 2.75. The van der Waals surface area contributed by atoms with Crippen molar-refractivity contribution in [1.29, 1.82) is 0 Å². The first kappa shape index (κ1) is 8.76. The Morgan fingerprint density at radius 1 is 1.09 bits per heavy atom. The van der Waals surface area contributed by atoms with E-state index in [4.69, 9.17) is 0 Å². The summed E-state index contributed by atoms with van der Waals surface area (Å²) >= 11 is 0. The smallest absolute Gasteiger partial charge is 0.132 e. The molecule has 1 aliphatic rings. The fourth-order valence-corrected chi connectivity index (χ4v) is 2.28. The number of ketones is 1. The van der Waals surface area contributed by atoms with Crippen molar-refractivity contribution in [3.8, 4) is 0 Å². The summed E-state index contributed by atoms with van der Waals surface area (Å²) in [5.41, 5.74) is 0. The van der Waals surface area contributed by atoms with Gasteiger partial charge in [-0.1, -0.05) is 13.8 Å². The van der Waals surface area contributed by atoms with Crippen LogP contribution < -0.4 is 0 Å². The normalized spacial score (nSPS) is 38.6. The van der Waals surface area contributed by atoms with E-state index in [1.54, 1.807) is 6.92 Å². The van der Waals surface area contributed by atoms with E-state index in [2.05, 4.69) is 13.8 Å². The van der Waals surface area contributed by atoms with Crippen molar-refractivity contribution in [2.75, 3.05) is 0 Å². The molecule has 1 saturated carbocycles. The molecule has 2 unspecified atom stereocenters. The van der Waals surface area contributed by atoms with Crippen molar-refractivity contribution in [1.82, 2.24) is 0 Å². The largest absolute Gasteiger partial charge is 0.300 e. The highest BCUT2D eigenvalue weighted by Crippen LogP contribution is 2.32. The monoisotopic (exact) mass is 154 g/mol. The molecule has 11 heavy (non-hydrogen) atoms. The average Bonchev–Trinajstić information content (AvgIpc) is 1.85. The van der Waals surface area contributed by atoms with E-state index in [9.17, 15) is 4.79 Å². The van der Waals surface area contributed by atoms with Gasteiger partial charge >= 0.3 is 0 Å². The summed E-state index contributed by atoms with van der Waals surface area (Å²) in [6, 6.07) is 0. The summed E-state index contributed by atoms with van der Waals surface area (Å²) in [7, 11) is 0. The number of carbonyl (C=O) groups is 1. The van der Waals surface area contributed by atoms with Gasteiger partial charge in [0.15, 0.2) is 0 Å². The zero-order chi connectivity index (χ0) is 8.43. The van der Waals surface area contributed by atoms with Crippen LogP contribution in [0.5, 0.6) is 0 Å². The Labute approximate surface area is 69.2 Å². The van der Waals surface area contributed by atoms with Gasteiger partial charge in [0.2, 0.25) is 0 Å². The Hall–Kier alpha value is -0.330. The van der Waals surface area contributed by atoms with Crippen LogP contribution in [-0.2, 0) is 4.79 Å². The van der Waals surface area contributed by atoms with Crippen molar-refractivity contribution < 1.29 is 4.79 Å². The highest BCUT2D eigenvalue weighted by molar-refractivity contribution is 5.78. The summed E-state index contributed by atoms with van der Waals surface area (Å²) in [5, 5.41) is 0. The third-order valence-corrected chi connectivity index (χ3v) is 2.75. The van der Waals surface area contributed by atoms with Gasteiger partial charge in [-0.2, -0.15) is 0 Å². The molecule has 0 aromatic carbocycles. The van der Waals surface area contributed by atoms with Crippen LogP contribution in [-0.4, -0.2) is 5.78 Å². The van der Waals surface area contributed by atoms with Gasteiger partial charge in [-0.05, 0) is 38.0 Å². The number of carbonyl (C=O) groups excluding carboxylic acids is 1. The number of hydrogen-bond donors (Lipinski definition) is 0. The summed E-state index contributed by atoms with van der Waals surface area (Å²) in [6.07, 6.45) is 3.56. The van der Waals surface area contributed by atoms with Gasteiger partial charge in [-0.25, -0.2) is 0 Å². The summed E-state index contributed by atoms with van der Waals surface area (Å²) in [6.45, 7) is 6.24.